The van der Waals surface area contributed by atoms with E-state index in [0.717, 1.165) is 16.7 Å². The van der Waals surface area contributed by atoms with Crippen molar-refractivity contribution in [2.75, 3.05) is 0 Å². The molecule has 1 atom stereocenters. The van der Waals surface area contributed by atoms with Crippen LogP contribution in [0.3, 0.4) is 0 Å². The molecule has 1 nitrogen and oxygen atoms in total. The summed E-state index contributed by atoms with van der Waals surface area (Å²) in [5.74, 6) is 0. The van der Waals surface area contributed by atoms with E-state index in [0.29, 0.717) is 0 Å². The Morgan fingerprint density at radius 1 is 1.08 bits per heavy atom. The highest BCUT2D eigenvalue weighted by Gasteiger charge is 2.15. The maximum Gasteiger partial charge on any atom is 0.137 e. The number of aliphatic hydroxyl groups is 1. The van der Waals surface area contributed by atoms with Crippen LogP contribution in [0.2, 0.25) is 0 Å². The van der Waals surface area contributed by atoms with Crippen molar-refractivity contribution in [1.82, 2.24) is 0 Å². The Kier molecular flexibility index (Phi) is 3.60. The first-order valence-corrected chi connectivity index (χ1v) is 4.92. The van der Waals surface area contributed by atoms with Crippen molar-refractivity contribution in [3.63, 3.8) is 0 Å². The zero-order chi connectivity index (χ0) is 10.0. The van der Waals surface area contributed by atoms with E-state index < -0.39 is 10.9 Å². The smallest absolute Gasteiger partial charge is 0.137 e. The van der Waals surface area contributed by atoms with Gasteiger partial charge in [-0.3, -0.25) is 0 Å². The Balaban J connectivity index is 3.01. The summed E-state index contributed by atoms with van der Waals surface area (Å²) in [5.41, 5.74) is 2.97. The predicted molar refractivity (Wildman–Crippen MR) is 56.4 cm³/mol. The van der Waals surface area contributed by atoms with Gasteiger partial charge in [-0.25, -0.2) is 0 Å². The molecule has 0 aliphatic carbocycles. The molecule has 0 heterocycles. The Labute approximate surface area is 88.3 Å². The Morgan fingerprint density at radius 3 is 1.92 bits per heavy atom. The van der Waals surface area contributed by atoms with Gasteiger partial charge >= 0.3 is 0 Å². The van der Waals surface area contributed by atoms with Gasteiger partial charge in [0.2, 0.25) is 0 Å². The van der Waals surface area contributed by atoms with Crippen LogP contribution in [0.15, 0.2) is 18.2 Å². The number of hydrogen-bond donors (Lipinski definition) is 1. The molecule has 1 aromatic carbocycles. The van der Waals surface area contributed by atoms with E-state index in [4.69, 9.17) is 23.2 Å². The molecule has 0 aliphatic rings. The predicted octanol–water partition coefficient (Wildman–Crippen LogP) is 3.14. The topological polar surface area (TPSA) is 20.2 Å². The third-order valence-corrected chi connectivity index (χ3v) is 2.30. The summed E-state index contributed by atoms with van der Waals surface area (Å²) in [6.45, 7) is 3.95. The second kappa shape index (κ2) is 4.32. The summed E-state index contributed by atoms with van der Waals surface area (Å²) in [7, 11) is 0. The summed E-state index contributed by atoms with van der Waals surface area (Å²) in [6.07, 6.45) is -0.804. The third-order valence-electron chi connectivity index (χ3n) is 1.82. The Hall–Kier alpha value is -0.240. The van der Waals surface area contributed by atoms with Crippen molar-refractivity contribution < 1.29 is 5.11 Å². The maximum absolute atomic E-state index is 9.58. The van der Waals surface area contributed by atoms with Gasteiger partial charge in [0.25, 0.3) is 0 Å². The second-order valence-electron chi connectivity index (χ2n) is 3.20. The molecule has 1 N–H and O–H groups in total. The van der Waals surface area contributed by atoms with Crippen molar-refractivity contribution in [1.29, 1.82) is 0 Å². The highest BCUT2D eigenvalue weighted by Crippen LogP contribution is 2.25. The van der Waals surface area contributed by atoms with E-state index in [2.05, 4.69) is 0 Å². The lowest BCUT2D eigenvalue weighted by molar-refractivity contribution is 0.192. The average molecular weight is 219 g/mol. The number of aliphatic hydroxyl groups excluding tert-OH is 1. The van der Waals surface area contributed by atoms with Crippen LogP contribution < -0.4 is 0 Å². The van der Waals surface area contributed by atoms with Crippen LogP contribution in [0.1, 0.15) is 22.8 Å². The molecule has 0 aliphatic heterocycles. The van der Waals surface area contributed by atoms with Crippen molar-refractivity contribution in [2.45, 2.75) is 24.8 Å². The first kappa shape index (κ1) is 10.8. The van der Waals surface area contributed by atoms with Gasteiger partial charge in [-0.2, -0.15) is 0 Å². The van der Waals surface area contributed by atoms with Gasteiger partial charge in [-0.05, 0) is 19.4 Å². The first-order chi connectivity index (χ1) is 6.00. The Morgan fingerprint density at radius 2 is 1.54 bits per heavy atom. The summed E-state index contributed by atoms with van der Waals surface area (Å²) in [4.78, 5) is -0.777. The van der Waals surface area contributed by atoms with Crippen LogP contribution in [0.25, 0.3) is 0 Å². The molecule has 1 aromatic rings. The number of aryl methyl sites for hydroxylation is 2. The van der Waals surface area contributed by atoms with Crippen LogP contribution >= 0.6 is 23.2 Å². The molecule has 0 aromatic heterocycles. The van der Waals surface area contributed by atoms with Gasteiger partial charge in [-0.15, -0.1) is 23.2 Å². The third kappa shape index (κ3) is 2.87. The van der Waals surface area contributed by atoms with Gasteiger partial charge < -0.3 is 5.11 Å². The molecule has 0 spiro atoms. The maximum atomic E-state index is 9.58. The quantitative estimate of drug-likeness (QED) is 0.757. The minimum Gasteiger partial charge on any atom is -0.386 e. The molecule has 0 fully saturated rings. The Bertz CT molecular complexity index is 277. The normalized spacial score (nSPS) is 13.4. The van der Waals surface area contributed by atoms with Crippen LogP contribution in [-0.2, 0) is 0 Å². The van der Waals surface area contributed by atoms with Crippen LogP contribution in [0.4, 0.5) is 0 Å². The standard InChI is InChI=1S/C10H12Cl2O/c1-6-3-7(2)5-8(4-6)9(13)10(11)12/h3-5,9-10,13H,1-2H3. The molecule has 1 unspecified atom stereocenters. The molecule has 0 bridgehead atoms. The van der Waals surface area contributed by atoms with Crippen molar-refractivity contribution in [2.24, 2.45) is 0 Å². The van der Waals surface area contributed by atoms with Crippen LogP contribution in [0.5, 0.6) is 0 Å². The lowest BCUT2D eigenvalue weighted by Crippen LogP contribution is -2.06. The molecule has 0 amide bonds. The SMILES string of the molecule is Cc1cc(C)cc(C(O)C(Cl)Cl)c1. The lowest BCUT2D eigenvalue weighted by Gasteiger charge is -2.13. The largest absolute Gasteiger partial charge is 0.386 e. The minimum atomic E-state index is -0.804. The molecule has 3 heteroatoms. The van der Waals surface area contributed by atoms with Crippen molar-refractivity contribution >= 4 is 23.2 Å². The zero-order valence-corrected chi connectivity index (χ0v) is 9.10. The van der Waals surface area contributed by atoms with E-state index in [9.17, 15) is 5.11 Å². The number of hydrogen-bond acceptors (Lipinski definition) is 1. The number of rotatable bonds is 2. The lowest BCUT2D eigenvalue weighted by atomic mass is 10.0. The molecular formula is C10H12Cl2O. The van der Waals surface area contributed by atoms with Gasteiger partial charge in [-0.1, -0.05) is 29.3 Å². The fourth-order valence-electron chi connectivity index (χ4n) is 1.33. The monoisotopic (exact) mass is 218 g/mol. The van der Waals surface area contributed by atoms with Gasteiger partial charge in [0.05, 0.1) is 0 Å². The molecule has 13 heavy (non-hydrogen) atoms. The summed E-state index contributed by atoms with van der Waals surface area (Å²) in [6, 6.07) is 5.80. The van der Waals surface area contributed by atoms with E-state index >= 15 is 0 Å². The first-order valence-electron chi connectivity index (χ1n) is 4.05. The van der Waals surface area contributed by atoms with E-state index in [1.54, 1.807) is 0 Å². The van der Waals surface area contributed by atoms with Gasteiger partial charge in [0, 0.05) is 0 Å². The summed E-state index contributed by atoms with van der Waals surface area (Å²) < 4.78 is 0. The van der Waals surface area contributed by atoms with E-state index in [1.807, 2.05) is 32.0 Å². The molecule has 1 rings (SSSR count). The fraction of sp³-hybridized carbons (Fsp3) is 0.400. The van der Waals surface area contributed by atoms with E-state index in [-0.39, 0.29) is 0 Å². The summed E-state index contributed by atoms with van der Waals surface area (Å²) in [5, 5.41) is 9.58. The van der Waals surface area contributed by atoms with Crippen LogP contribution in [-0.4, -0.2) is 9.94 Å². The van der Waals surface area contributed by atoms with Gasteiger partial charge in [0.15, 0.2) is 0 Å². The van der Waals surface area contributed by atoms with E-state index in [1.165, 1.54) is 0 Å². The average Bonchev–Trinajstić information content (AvgIpc) is 2.01. The molecular weight excluding hydrogens is 207 g/mol. The van der Waals surface area contributed by atoms with Crippen molar-refractivity contribution in [3.05, 3.63) is 34.9 Å². The fourth-order valence-corrected chi connectivity index (χ4v) is 1.62. The highest BCUT2D eigenvalue weighted by atomic mass is 35.5. The summed E-state index contributed by atoms with van der Waals surface area (Å²) >= 11 is 11.2. The highest BCUT2D eigenvalue weighted by molar-refractivity contribution is 6.44. The van der Waals surface area contributed by atoms with Crippen molar-refractivity contribution in [3.8, 4) is 0 Å². The molecule has 0 radical (unpaired) electrons. The van der Waals surface area contributed by atoms with Gasteiger partial charge in [0.1, 0.15) is 10.9 Å². The molecule has 72 valence electrons. The number of alkyl halides is 2. The van der Waals surface area contributed by atoms with Crippen LogP contribution in [0, 0.1) is 13.8 Å². The minimum absolute atomic E-state index is 0.771. The molecule has 0 saturated carbocycles. The number of halogens is 2. The zero-order valence-electron chi connectivity index (χ0n) is 7.59. The molecule has 0 saturated heterocycles. The second-order valence-corrected chi connectivity index (χ2v) is 4.36. The number of benzene rings is 1.